The van der Waals surface area contributed by atoms with Gasteiger partial charge in [-0.25, -0.2) is 9.98 Å². The standard InChI is InChI=1S/C11H8F3N3OS/c1-4-2-5(11(12,13)14)17-10-6(4)7-8(19-10)9(18)16-3-15-7/h2-3,9,18H,1H3,(H,15,16)/t9-/m0/s1. The van der Waals surface area contributed by atoms with Gasteiger partial charge in [0.05, 0.1) is 16.9 Å². The number of rotatable bonds is 0. The Morgan fingerprint density at radius 2 is 2.16 bits per heavy atom. The van der Waals surface area contributed by atoms with Crippen molar-refractivity contribution in [3.63, 3.8) is 0 Å². The third-order valence-electron chi connectivity index (χ3n) is 2.84. The minimum absolute atomic E-state index is 0.245. The molecule has 0 spiro atoms. The molecule has 2 aromatic heterocycles. The number of nitrogens with zero attached hydrogens (tertiary/aromatic N) is 2. The molecule has 2 aromatic rings. The SMILES string of the molecule is Cc1cc(C(F)(F)F)nc2sc3c(c12)NC=N[C@H]3O. The fourth-order valence-corrected chi connectivity index (χ4v) is 3.16. The maximum atomic E-state index is 12.7. The van der Waals surface area contributed by atoms with Crippen molar-refractivity contribution in [3.05, 3.63) is 22.2 Å². The van der Waals surface area contributed by atoms with Gasteiger partial charge >= 0.3 is 6.18 Å². The van der Waals surface area contributed by atoms with Gasteiger partial charge in [0.2, 0.25) is 0 Å². The number of hydrogen-bond acceptors (Lipinski definition) is 5. The third kappa shape index (κ3) is 1.87. The first-order chi connectivity index (χ1) is 8.88. The molecule has 0 amide bonds. The number of alkyl halides is 3. The van der Waals surface area contributed by atoms with E-state index in [0.29, 0.717) is 21.5 Å². The molecule has 0 saturated heterocycles. The lowest BCUT2D eigenvalue weighted by atomic mass is 10.1. The van der Waals surface area contributed by atoms with E-state index in [1.165, 1.54) is 6.34 Å². The normalized spacial score (nSPS) is 18.5. The van der Waals surface area contributed by atoms with E-state index in [2.05, 4.69) is 15.3 Å². The summed E-state index contributed by atoms with van der Waals surface area (Å²) in [5, 5.41) is 13.2. The summed E-state index contributed by atoms with van der Waals surface area (Å²) >= 11 is 1.01. The molecule has 0 bridgehead atoms. The van der Waals surface area contributed by atoms with Gasteiger partial charge in [-0.3, -0.25) is 0 Å². The minimum Gasteiger partial charge on any atom is -0.367 e. The van der Waals surface area contributed by atoms with Crippen LogP contribution in [-0.2, 0) is 6.18 Å². The Balaban J connectivity index is 2.29. The van der Waals surface area contributed by atoms with Crippen LogP contribution in [0.3, 0.4) is 0 Å². The number of aromatic nitrogens is 1. The van der Waals surface area contributed by atoms with Crippen molar-refractivity contribution < 1.29 is 18.3 Å². The van der Waals surface area contributed by atoms with Crippen LogP contribution >= 0.6 is 11.3 Å². The first-order valence-corrected chi connectivity index (χ1v) is 6.17. The molecule has 4 nitrogen and oxygen atoms in total. The molecule has 3 rings (SSSR count). The molecule has 1 atom stereocenters. The van der Waals surface area contributed by atoms with Crippen LogP contribution < -0.4 is 5.32 Å². The lowest BCUT2D eigenvalue weighted by Crippen LogP contribution is -2.09. The second kappa shape index (κ2) is 3.91. The van der Waals surface area contributed by atoms with Crippen LogP contribution in [0.1, 0.15) is 22.4 Å². The summed E-state index contributed by atoms with van der Waals surface area (Å²) in [6.45, 7) is 1.59. The summed E-state index contributed by atoms with van der Waals surface area (Å²) < 4.78 is 38.1. The number of nitrogens with one attached hydrogen (secondary N) is 1. The van der Waals surface area contributed by atoms with E-state index in [9.17, 15) is 18.3 Å². The van der Waals surface area contributed by atoms with Crippen molar-refractivity contribution in [2.24, 2.45) is 4.99 Å². The predicted octanol–water partition coefficient (Wildman–Crippen LogP) is 3.07. The number of hydrogen-bond donors (Lipinski definition) is 2. The van der Waals surface area contributed by atoms with Crippen LogP contribution in [0.25, 0.3) is 10.2 Å². The van der Waals surface area contributed by atoms with E-state index >= 15 is 0 Å². The number of aryl methyl sites for hydroxylation is 1. The van der Waals surface area contributed by atoms with Crippen molar-refractivity contribution in [2.75, 3.05) is 5.32 Å². The van der Waals surface area contributed by atoms with Gasteiger partial charge in [0.15, 0.2) is 6.23 Å². The molecular weight excluding hydrogens is 279 g/mol. The first kappa shape index (κ1) is 12.4. The summed E-state index contributed by atoms with van der Waals surface area (Å²) in [5.74, 6) is 0. The number of halogens is 3. The number of aliphatic hydroxyl groups excluding tert-OH is 1. The third-order valence-corrected chi connectivity index (χ3v) is 3.96. The molecule has 0 saturated carbocycles. The lowest BCUT2D eigenvalue weighted by Gasteiger charge is -2.13. The highest BCUT2D eigenvalue weighted by Gasteiger charge is 2.34. The van der Waals surface area contributed by atoms with E-state index in [-0.39, 0.29) is 4.83 Å². The van der Waals surface area contributed by atoms with E-state index in [1.54, 1.807) is 6.92 Å². The highest BCUT2D eigenvalue weighted by molar-refractivity contribution is 7.19. The number of anilines is 1. The van der Waals surface area contributed by atoms with Gasteiger partial charge in [0, 0.05) is 5.39 Å². The first-order valence-electron chi connectivity index (χ1n) is 5.35. The Kier molecular flexibility index (Phi) is 2.55. The molecule has 3 heterocycles. The van der Waals surface area contributed by atoms with Crippen LogP contribution in [-0.4, -0.2) is 16.4 Å². The molecule has 100 valence electrons. The van der Waals surface area contributed by atoms with Crippen molar-refractivity contribution in [1.29, 1.82) is 0 Å². The van der Waals surface area contributed by atoms with Crippen LogP contribution in [0, 0.1) is 6.92 Å². The van der Waals surface area contributed by atoms with Crippen molar-refractivity contribution in [3.8, 4) is 0 Å². The number of thiophene rings is 1. The van der Waals surface area contributed by atoms with Gasteiger partial charge in [-0.1, -0.05) is 0 Å². The maximum absolute atomic E-state index is 12.7. The van der Waals surface area contributed by atoms with E-state index in [0.717, 1.165) is 17.4 Å². The molecule has 0 unspecified atom stereocenters. The largest absolute Gasteiger partial charge is 0.433 e. The maximum Gasteiger partial charge on any atom is 0.433 e. The van der Waals surface area contributed by atoms with Crippen LogP contribution in [0.15, 0.2) is 11.1 Å². The highest BCUT2D eigenvalue weighted by atomic mass is 32.1. The second-order valence-electron chi connectivity index (χ2n) is 4.14. The molecule has 1 aliphatic rings. The van der Waals surface area contributed by atoms with Gasteiger partial charge in [0.25, 0.3) is 0 Å². The van der Waals surface area contributed by atoms with Gasteiger partial charge in [-0.2, -0.15) is 13.2 Å². The zero-order chi connectivity index (χ0) is 13.8. The number of fused-ring (bicyclic) bond motifs is 3. The van der Waals surface area contributed by atoms with Gasteiger partial charge in [-0.15, -0.1) is 11.3 Å². The zero-order valence-corrected chi connectivity index (χ0v) is 10.4. The smallest absolute Gasteiger partial charge is 0.367 e. The molecule has 0 radical (unpaired) electrons. The fraction of sp³-hybridized carbons (Fsp3) is 0.273. The number of pyridine rings is 1. The predicted molar refractivity (Wildman–Crippen MR) is 66.4 cm³/mol. The Bertz CT molecular complexity index is 693. The Labute approximate surface area is 109 Å². The van der Waals surface area contributed by atoms with Crippen LogP contribution in [0.2, 0.25) is 0 Å². The Morgan fingerprint density at radius 3 is 2.84 bits per heavy atom. The summed E-state index contributed by atoms with van der Waals surface area (Å²) in [4.78, 5) is 8.10. The van der Waals surface area contributed by atoms with E-state index < -0.39 is 18.1 Å². The van der Waals surface area contributed by atoms with Crippen molar-refractivity contribution in [1.82, 2.24) is 4.98 Å². The van der Waals surface area contributed by atoms with Crippen molar-refractivity contribution in [2.45, 2.75) is 19.3 Å². The molecular formula is C11H8F3N3OS. The van der Waals surface area contributed by atoms with E-state index in [1.807, 2.05) is 0 Å². The molecule has 0 aliphatic carbocycles. The number of aliphatic imine (C=N–C) groups is 1. The minimum atomic E-state index is -4.48. The van der Waals surface area contributed by atoms with Crippen molar-refractivity contribution >= 4 is 33.6 Å². The number of aliphatic hydroxyl groups is 1. The van der Waals surface area contributed by atoms with Gasteiger partial charge < -0.3 is 10.4 Å². The summed E-state index contributed by atoms with van der Waals surface area (Å²) in [7, 11) is 0. The second-order valence-corrected chi connectivity index (χ2v) is 5.17. The fourth-order valence-electron chi connectivity index (χ4n) is 2.01. The lowest BCUT2D eigenvalue weighted by molar-refractivity contribution is -0.141. The van der Waals surface area contributed by atoms with Crippen LogP contribution in [0.4, 0.5) is 18.9 Å². The summed E-state index contributed by atoms with van der Waals surface area (Å²) in [6.07, 6.45) is -4.20. The van der Waals surface area contributed by atoms with E-state index in [4.69, 9.17) is 0 Å². The zero-order valence-electron chi connectivity index (χ0n) is 9.62. The van der Waals surface area contributed by atoms with Gasteiger partial charge in [0.1, 0.15) is 10.5 Å². The molecule has 8 heteroatoms. The molecule has 0 fully saturated rings. The Morgan fingerprint density at radius 1 is 1.42 bits per heavy atom. The Hall–Kier alpha value is -1.67. The highest BCUT2D eigenvalue weighted by Crippen LogP contribution is 2.43. The topological polar surface area (TPSA) is 57.5 Å². The average molecular weight is 287 g/mol. The quantitative estimate of drug-likeness (QED) is 0.783. The monoisotopic (exact) mass is 287 g/mol. The molecule has 0 aromatic carbocycles. The molecule has 1 aliphatic heterocycles. The van der Waals surface area contributed by atoms with Gasteiger partial charge in [-0.05, 0) is 18.6 Å². The average Bonchev–Trinajstić information content (AvgIpc) is 2.68. The molecule has 19 heavy (non-hydrogen) atoms. The summed E-state index contributed by atoms with van der Waals surface area (Å²) in [5.41, 5.74) is 0.123. The molecule has 2 N–H and O–H groups in total. The summed E-state index contributed by atoms with van der Waals surface area (Å²) in [6, 6.07) is 1.01. The van der Waals surface area contributed by atoms with Crippen LogP contribution in [0.5, 0.6) is 0 Å².